The zero-order chi connectivity index (χ0) is 12.2. The first kappa shape index (κ1) is 13.9. The number of aliphatic hydroxyl groups excluding tert-OH is 1. The number of carbonyl (C=O) groups is 2. The molecule has 0 bridgehead atoms. The van der Waals surface area contributed by atoms with Crippen molar-refractivity contribution in [1.82, 2.24) is 0 Å². The van der Waals surface area contributed by atoms with E-state index in [4.69, 9.17) is 14.9 Å². The van der Waals surface area contributed by atoms with Crippen LogP contribution in [0.1, 0.15) is 34.1 Å². The molecular formula is C10H18O5. The van der Waals surface area contributed by atoms with Crippen molar-refractivity contribution >= 4 is 11.9 Å². The highest BCUT2D eigenvalue weighted by Gasteiger charge is 2.28. The Balaban J connectivity index is 4.31. The molecule has 2 atom stereocenters. The van der Waals surface area contributed by atoms with Crippen molar-refractivity contribution in [3.8, 4) is 0 Å². The number of ether oxygens (including phenoxy) is 1. The molecule has 0 saturated carbocycles. The summed E-state index contributed by atoms with van der Waals surface area (Å²) < 4.78 is 4.96. The van der Waals surface area contributed by atoms with E-state index in [9.17, 15) is 9.59 Å². The zero-order valence-corrected chi connectivity index (χ0v) is 9.48. The molecule has 15 heavy (non-hydrogen) atoms. The van der Waals surface area contributed by atoms with Crippen LogP contribution in [0.25, 0.3) is 0 Å². The first-order valence-electron chi connectivity index (χ1n) is 4.76. The SMILES string of the molecule is C[C@@H](O)[C@H](CC(=O)OC(C)(C)C)C(=O)O. The van der Waals surface area contributed by atoms with Crippen LogP contribution in [0.15, 0.2) is 0 Å². The van der Waals surface area contributed by atoms with E-state index in [0.717, 1.165) is 0 Å². The van der Waals surface area contributed by atoms with Crippen LogP contribution in [-0.4, -0.2) is 33.9 Å². The van der Waals surface area contributed by atoms with Gasteiger partial charge in [-0.25, -0.2) is 0 Å². The fraction of sp³-hybridized carbons (Fsp3) is 0.800. The molecule has 0 aliphatic carbocycles. The first-order chi connectivity index (χ1) is 6.63. The highest BCUT2D eigenvalue weighted by Crippen LogP contribution is 2.14. The molecule has 5 heteroatoms. The molecule has 0 aromatic heterocycles. The van der Waals surface area contributed by atoms with Gasteiger partial charge in [0.05, 0.1) is 18.4 Å². The molecular weight excluding hydrogens is 200 g/mol. The number of carboxylic acid groups (broad SMARTS) is 1. The van der Waals surface area contributed by atoms with Crippen LogP contribution in [0.3, 0.4) is 0 Å². The maximum Gasteiger partial charge on any atom is 0.309 e. The fourth-order valence-corrected chi connectivity index (χ4v) is 1.03. The minimum atomic E-state index is -1.20. The number of aliphatic hydroxyl groups is 1. The van der Waals surface area contributed by atoms with Crippen molar-refractivity contribution in [2.75, 3.05) is 0 Å². The van der Waals surface area contributed by atoms with Gasteiger partial charge < -0.3 is 14.9 Å². The van der Waals surface area contributed by atoms with E-state index in [-0.39, 0.29) is 6.42 Å². The lowest BCUT2D eigenvalue weighted by molar-refractivity contribution is -0.162. The summed E-state index contributed by atoms with van der Waals surface area (Å²) in [6, 6.07) is 0. The Hall–Kier alpha value is -1.10. The van der Waals surface area contributed by atoms with Gasteiger partial charge in [0.15, 0.2) is 0 Å². The van der Waals surface area contributed by atoms with E-state index in [2.05, 4.69) is 0 Å². The van der Waals surface area contributed by atoms with Gasteiger partial charge in [0, 0.05) is 0 Å². The summed E-state index contributed by atoms with van der Waals surface area (Å²) in [4.78, 5) is 22.0. The van der Waals surface area contributed by atoms with Crippen molar-refractivity contribution in [3.05, 3.63) is 0 Å². The standard InChI is InChI=1S/C10H18O5/c1-6(11)7(9(13)14)5-8(12)15-10(2,3)4/h6-7,11H,5H2,1-4H3,(H,13,14)/t6-,7+/m1/s1. The number of carboxylic acids is 1. The van der Waals surface area contributed by atoms with Crippen molar-refractivity contribution < 1.29 is 24.5 Å². The van der Waals surface area contributed by atoms with Crippen molar-refractivity contribution in [1.29, 1.82) is 0 Å². The monoisotopic (exact) mass is 218 g/mol. The molecule has 0 fully saturated rings. The molecule has 0 unspecified atom stereocenters. The van der Waals surface area contributed by atoms with Crippen molar-refractivity contribution in [3.63, 3.8) is 0 Å². The summed E-state index contributed by atoms with van der Waals surface area (Å²) in [7, 11) is 0. The predicted molar refractivity (Wildman–Crippen MR) is 53.3 cm³/mol. The Labute approximate surface area is 89.0 Å². The van der Waals surface area contributed by atoms with Crippen LogP contribution in [0, 0.1) is 5.92 Å². The molecule has 88 valence electrons. The highest BCUT2D eigenvalue weighted by molar-refractivity contribution is 5.79. The molecule has 5 nitrogen and oxygen atoms in total. The number of hydrogen-bond donors (Lipinski definition) is 2. The lowest BCUT2D eigenvalue weighted by Crippen LogP contribution is -2.31. The summed E-state index contributed by atoms with van der Waals surface area (Å²) >= 11 is 0. The molecule has 0 amide bonds. The molecule has 0 aliphatic rings. The van der Waals surface area contributed by atoms with Crippen molar-refractivity contribution in [2.24, 2.45) is 5.92 Å². The summed E-state index contributed by atoms with van der Waals surface area (Å²) in [6.07, 6.45) is -1.39. The third-order valence-corrected chi connectivity index (χ3v) is 1.71. The number of esters is 1. The van der Waals surface area contributed by atoms with Gasteiger partial charge in [-0.05, 0) is 27.7 Å². The topological polar surface area (TPSA) is 83.8 Å². The third kappa shape index (κ3) is 6.06. The van der Waals surface area contributed by atoms with Gasteiger partial charge in [0.25, 0.3) is 0 Å². The average Bonchev–Trinajstić information content (AvgIpc) is 1.95. The van der Waals surface area contributed by atoms with Gasteiger partial charge in [0.2, 0.25) is 0 Å². The Morgan fingerprint density at radius 1 is 1.33 bits per heavy atom. The summed E-state index contributed by atoms with van der Waals surface area (Å²) in [5.74, 6) is -2.92. The van der Waals surface area contributed by atoms with Gasteiger partial charge in [-0.3, -0.25) is 9.59 Å². The molecule has 0 heterocycles. The lowest BCUT2D eigenvalue weighted by atomic mass is 10.00. The van der Waals surface area contributed by atoms with Crippen LogP contribution < -0.4 is 0 Å². The quantitative estimate of drug-likeness (QED) is 0.682. The smallest absolute Gasteiger partial charge is 0.309 e. The number of carbonyl (C=O) groups excluding carboxylic acids is 1. The van der Waals surface area contributed by atoms with E-state index in [1.54, 1.807) is 20.8 Å². The van der Waals surface area contributed by atoms with Crippen LogP contribution in [0.5, 0.6) is 0 Å². The number of hydrogen-bond acceptors (Lipinski definition) is 4. The molecule has 2 N–H and O–H groups in total. The van der Waals surface area contributed by atoms with Gasteiger partial charge in [-0.15, -0.1) is 0 Å². The van der Waals surface area contributed by atoms with E-state index in [1.165, 1.54) is 6.92 Å². The van der Waals surface area contributed by atoms with Crippen LogP contribution >= 0.6 is 0 Å². The molecule has 0 aromatic carbocycles. The lowest BCUT2D eigenvalue weighted by Gasteiger charge is -2.21. The second kappa shape index (κ2) is 5.11. The summed E-state index contributed by atoms with van der Waals surface area (Å²) in [5, 5.41) is 17.9. The molecule has 0 aliphatic heterocycles. The minimum absolute atomic E-state index is 0.315. The second-order valence-electron chi connectivity index (χ2n) is 4.48. The maximum atomic E-state index is 11.3. The van der Waals surface area contributed by atoms with E-state index < -0.39 is 29.6 Å². The van der Waals surface area contributed by atoms with E-state index >= 15 is 0 Å². The molecule has 0 saturated heterocycles. The second-order valence-corrected chi connectivity index (χ2v) is 4.48. The van der Waals surface area contributed by atoms with Gasteiger partial charge in [-0.1, -0.05) is 0 Å². The highest BCUT2D eigenvalue weighted by atomic mass is 16.6. The van der Waals surface area contributed by atoms with E-state index in [1.807, 2.05) is 0 Å². The van der Waals surface area contributed by atoms with Gasteiger partial charge >= 0.3 is 11.9 Å². The predicted octanol–water partition coefficient (Wildman–Crippen LogP) is 0.800. The molecule has 0 rings (SSSR count). The zero-order valence-electron chi connectivity index (χ0n) is 9.48. The van der Waals surface area contributed by atoms with Gasteiger partial charge in [-0.2, -0.15) is 0 Å². The number of rotatable bonds is 4. The fourth-order valence-electron chi connectivity index (χ4n) is 1.03. The molecule has 0 aromatic rings. The largest absolute Gasteiger partial charge is 0.481 e. The first-order valence-corrected chi connectivity index (χ1v) is 4.76. The minimum Gasteiger partial charge on any atom is -0.481 e. The Morgan fingerprint density at radius 2 is 1.80 bits per heavy atom. The summed E-state index contributed by atoms with van der Waals surface area (Å²) in [5.41, 5.74) is -0.640. The third-order valence-electron chi connectivity index (χ3n) is 1.71. The average molecular weight is 218 g/mol. The Morgan fingerprint density at radius 3 is 2.07 bits per heavy atom. The van der Waals surface area contributed by atoms with Crippen molar-refractivity contribution in [2.45, 2.75) is 45.8 Å². The molecule has 0 radical (unpaired) electrons. The molecule has 0 spiro atoms. The van der Waals surface area contributed by atoms with Crippen LogP contribution in [0.2, 0.25) is 0 Å². The van der Waals surface area contributed by atoms with Gasteiger partial charge in [0.1, 0.15) is 5.60 Å². The summed E-state index contributed by atoms with van der Waals surface area (Å²) in [6.45, 7) is 6.43. The van der Waals surface area contributed by atoms with Crippen LogP contribution in [0.4, 0.5) is 0 Å². The Bertz CT molecular complexity index is 239. The van der Waals surface area contributed by atoms with E-state index in [0.29, 0.717) is 0 Å². The maximum absolute atomic E-state index is 11.3. The normalized spacial score (nSPS) is 15.5. The number of aliphatic carboxylic acids is 1. The Kier molecular flexibility index (Phi) is 4.74. The van der Waals surface area contributed by atoms with Crippen LogP contribution in [-0.2, 0) is 14.3 Å².